The Morgan fingerprint density at radius 2 is 1.55 bits per heavy atom. The number of benzene rings is 3. The fraction of sp³-hybridized carbons (Fsp3) is 0.231. The molecule has 3 aromatic carbocycles. The molecular formula is C26H25N3. The number of rotatable bonds is 4. The first-order valence-corrected chi connectivity index (χ1v) is 10.4. The Balaban J connectivity index is 1.62. The maximum absolute atomic E-state index is 4.75. The SMILES string of the molecule is Cc1ccc2c(N3CCC[C@@H]3C(c3ccccc3)c3ccccc3)ncnc2c1. The number of hydrogen-bond donors (Lipinski definition) is 0. The summed E-state index contributed by atoms with van der Waals surface area (Å²) < 4.78 is 0. The molecule has 0 radical (unpaired) electrons. The van der Waals surface area contributed by atoms with Crippen LogP contribution in [0.25, 0.3) is 10.9 Å². The fourth-order valence-corrected chi connectivity index (χ4v) is 4.74. The Kier molecular flexibility index (Phi) is 4.73. The van der Waals surface area contributed by atoms with Crippen LogP contribution in [0.3, 0.4) is 0 Å². The molecule has 1 aliphatic rings. The highest BCUT2D eigenvalue weighted by molar-refractivity contribution is 5.90. The van der Waals surface area contributed by atoms with Crippen LogP contribution in [0.1, 0.15) is 35.4 Å². The molecule has 1 atom stereocenters. The number of nitrogens with zero attached hydrogens (tertiary/aromatic N) is 3. The lowest BCUT2D eigenvalue weighted by Gasteiger charge is -2.34. The van der Waals surface area contributed by atoms with Gasteiger partial charge in [-0.25, -0.2) is 9.97 Å². The van der Waals surface area contributed by atoms with Gasteiger partial charge >= 0.3 is 0 Å². The van der Waals surface area contributed by atoms with Crippen molar-refractivity contribution in [3.05, 3.63) is 102 Å². The van der Waals surface area contributed by atoms with Gasteiger partial charge < -0.3 is 4.90 Å². The number of fused-ring (bicyclic) bond motifs is 1. The Labute approximate surface area is 172 Å². The highest BCUT2D eigenvalue weighted by Gasteiger charge is 2.35. The molecule has 0 N–H and O–H groups in total. The summed E-state index contributed by atoms with van der Waals surface area (Å²) in [6, 6.07) is 28.7. The van der Waals surface area contributed by atoms with Crippen molar-refractivity contribution < 1.29 is 0 Å². The molecule has 0 unspecified atom stereocenters. The molecule has 3 nitrogen and oxygen atoms in total. The molecule has 3 heteroatoms. The molecule has 4 aromatic rings. The summed E-state index contributed by atoms with van der Waals surface area (Å²) in [6.45, 7) is 3.14. The van der Waals surface area contributed by atoms with Crippen molar-refractivity contribution in [3.63, 3.8) is 0 Å². The number of aromatic nitrogens is 2. The Morgan fingerprint density at radius 1 is 0.862 bits per heavy atom. The maximum Gasteiger partial charge on any atom is 0.140 e. The second-order valence-electron chi connectivity index (χ2n) is 7.92. The monoisotopic (exact) mass is 379 g/mol. The summed E-state index contributed by atoms with van der Waals surface area (Å²) in [4.78, 5) is 11.8. The van der Waals surface area contributed by atoms with Crippen molar-refractivity contribution in [1.82, 2.24) is 9.97 Å². The second-order valence-corrected chi connectivity index (χ2v) is 7.92. The van der Waals surface area contributed by atoms with Gasteiger partial charge in [0.25, 0.3) is 0 Å². The van der Waals surface area contributed by atoms with E-state index in [0.717, 1.165) is 29.7 Å². The quantitative estimate of drug-likeness (QED) is 0.453. The van der Waals surface area contributed by atoms with Crippen molar-refractivity contribution in [3.8, 4) is 0 Å². The zero-order valence-corrected chi connectivity index (χ0v) is 16.7. The van der Waals surface area contributed by atoms with Crippen LogP contribution in [0.2, 0.25) is 0 Å². The van der Waals surface area contributed by atoms with Crippen LogP contribution in [0, 0.1) is 6.92 Å². The highest BCUT2D eigenvalue weighted by atomic mass is 15.2. The predicted octanol–water partition coefficient (Wildman–Crippen LogP) is 5.74. The molecule has 5 rings (SSSR count). The second kappa shape index (κ2) is 7.67. The lowest BCUT2D eigenvalue weighted by Crippen LogP contribution is -2.35. The topological polar surface area (TPSA) is 29.0 Å². The van der Waals surface area contributed by atoms with Crippen LogP contribution in [0.15, 0.2) is 85.2 Å². The standard InChI is InChI=1S/C26H25N3/c1-19-14-15-22-23(17-19)27-18-28-26(22)29-16-8-13-24(29)25(20-9-4-2-5-10-20)21-11-6-3-7-12-21/h2-7,9-12,14-15,17-18,24-25H,8,13,16H2,1H3/t24-/m1/s1. The van der Waals surface area contributed by atoms with E-state index in [1.54, 1.807) is 6.33 Å². The van der Waals surface area contributed by atoms with Crippen molar-refractivity contribution >= 4 is 16.7 Å². The summed E-state index contributed by atoms with van der Waals surface area (Å²) in [5, 5.41) is 1.14. The molecule has 1 saturated heterocycles. The van der Waals surface area contributed by atoms with E-state index >= 15 is 0 Å². The van der Waals surface area contributed by atoms with Gasteiger partial charge in [-0.05, 0) is 48.6 Å². The van der Waals surface area contributed by atoms with Crippen LogP contribution in [0.4, 0.5) is 5.82 Å². The molecular weight excluding hydrogens is 354 g/mol. The molecule has 0 amide bonds. The van der Waals surface area contributed by atoms with Gasteiger partial charge in [-0.2, -0.15) is 0 Å². The maximum atomic E-state index is 4.75. The third-order valence-electron chi connectivity index (χ3n) is 6.04. The summed E-state index contributed by atoms with van der Waals surface area (Å²) in [6.07, 6.45) is 4.05. The molecule has 144 valence electrons. The van der Waals surface area contributed by atoms with E-state index < -0.39 is 0 Å². The zero-order valence-electron chi connectivity index (χ0n) is 16.7. The van der Waals surface area contributed by atoms with Crippen molar-refractivity contribution in [2.24, 2.45) is 0 Å². The van der Waals surface area contributed by atoms with Crippen LogP contribution in [0.5, 0.6) is 0 Å². The molecule has 1 aromatic heterocycles. The molecule has 29 heavy (non-hydrogen) atoms. The van der Waals surface area contributed by atoms with E-state index in [0.29, 0.717) is 12.0 Å². The minimum atomic E-state index is 0.315. The van der Waals surface area contributed by atoms with E-state index in [1.807, 2.05) is 0 Å². The molecule has 1 aliphatic heterocycles. The van der Waals surface area contributed by atoms with Gasteiger partial charge in [0.2, 0.25) is 0 Å². The molecule has 0 saturated carbocycles. The van der Waals surface area contributed by atoms with Crippen LogP contribution in [-0.2, 0) is 0 Å². The smallest absolute Gasteiger partial charge is 0.140 e. The van der Waals surface area contributed by atoms with Crippen molar-refractivity contribution in [1.29, 1.82) is 0 Å². The highest BCUT2D eigenvalue weighted by Crippen LogP contribution is 2.39. The molecule has 0 aliphatic carbocycles. The van der Waals surface area contributed by atoms with Crippen molar-refractivity contribution in [2.45, 2.75) is 31.7 Å². The number of anilines is 1. The van der Waals surface area contributed by atoms with Gasteiger partial charge in [-0.3, -0.25) is 0 Å². The first-order chi connectivity index (χ1) is 14.3. The van der Waals surface area contributed by atoms with Gasteiger partial charge in [0.1, 0.15) is 12.1 Å². The Bertz CT molecular complexity index is 1070. The van der Waals surface area contributed by atoms with E-state index in [2.05, 4.69) is 95.7 Å². The predicted molar refractivity (Wildman–Crippen MR) is 119 cm³/mol. The van der Waals surface area contributed by atoms with E-state index in [9.17, 15) is 0 Å². The van der Waals surface area contributed by atoms with Gasteiger partial charge in [0.15, 0.2) is 0 Å². The zero-order chi connectivity index (χ0) is 19.6. The fourth-order valence-electron chi connectivity index (χ4n) is 4.74. The molecule has 2 heterocycles. The number of hydrogen-bond acceptors (Lipinski definition) is 3. The summed E-state index contributed by atoms with van der Waals surface area (Å²) in [7, 11) is 0. The van der Waals surface area contributed by atoms with E-state index in [-0.39, 0.29) is 0 Å². The first kappa shape index (κ1) is 17.9. The Hall–Kier alpha value is -3.20. The molecule has 0 spiro atoms. The Morgan fingerprint density at radius 3 is 2.24 bits per heavy atom. The first-order valence-electron chi connectivity index (χ1n) is 10.4. The van der Waals surface area contributed by atoms with Crippen LogP contribution >= 0.6 is 0 Å². The van der Waals surface area contributed by atoms with E-state index in [4.69, 9.17) is 4.98 Å². The third kappa shape index (κ3) is 3.38. The molecule has 0 bridgehead atoms. The largest absolute Gasteiger partial charge is 0.352 e. The minimum absolute atomic E-state index is 0.315. The van der Waals surface area contributed by atoms with Gasteiger partial charge in [0.05, 0.1) is 5.52 Å². The van der Waals surface area contributed by atoms with Gasteiger partial charge in [0, 0.05) is 23.9 Å². The van der Waals surface area contributed by atoms with Gasteiger partial charge in [-0.15, -0.1) is 0 Å². The lowest BCUT2D eigenvalue weighted by atomic mass is 9.84. The average Bonchev–Trinajstić information content (AvgIpc) is 3.24. The van der Waals surface area contributed by atoms with Gasteiger partial charge in [-0.1, -0.05) is 66.7 Å². The van der Waals surface area contributed by atoms with Crippen LogP contribution in [-0.4, -0.2) is 22.6 Å². The third-order valence-corrected chi connectivity index (χ3v) is 6.04. The summed E-state index contributed by atoms with van der Waals surface area (Å²) in [5.41, 5.74) is 4.98. The summed E-state index contributed by atoms with van der Waals surface area (Å²) >= 11 is 0. The normalized spacial score (nSPS) is 16.6. The number of aryl methyl sites for hydroxylation is 1. The minimum Gasteiger partial charge on any atom is -0.352 e. The van der Waals surface area contributed by atoms with Crippen molar-refractivity contribution in [2.75, 3.05) is 11.4 Å². The molecule has 1 fully saturated rings. The summed E-state index contributed by atoms with van der Waals surface area (Å²) in [5.74, 6) is 1.38. The van der Waals surface area contributed by atoms with E-state index in [1.165, 1.54) is 23.1 Å². The van der Waals surface area contributed by atoms with Crippen LogP contribution < -0.4 is 4.90 Å². The lowest BCUT2D eigenvalue weighted by molar-refractivity contribution is 0.588. The average molecular weight is 380 g/mol.